The number of nitrogens with zero attached hydrogens (tertiary/aromatic N) is 2. The van der Waals surface area contributed by atoms with Crippen molar-refractivity contribution in [3.8, 4) is 5.75 Å². The Kier molecular flexibility index (Phi) is 5.79. The van der Waals surface area contributed by atoms with Crippen LogP contribution in [0.25, 0.3) is 5.57 Å². The lowest BCUT2D eigenvalue weighted by Gasteiger charge is -2.21. The van der Waals surface area contributed by atoms with Crippen LogP contribution in [-0.2, 0) is 9.59 Å². The number of likely N-dealkylation sites (N-methyl/N-ethyl adjacent to an activating group) is 1. The van der Waals surface area contributed by atoms with Gasteiger partial charge in [-0.2, -0.15) is 0 Å². The third-order valence-corrected chi connectivity index (χ3v) is 4.12. The largest absolute Gasteiger partial charge is 0.497 e. The van der Waals surface area contributed by atoms with Gasteiger partial charge in [-0.15, -0.1) is 0 Å². The Labute approximate surface area is 137 Å². The number of ether oxygens (including phenoxy) is 1. The maximum atomic E-state index is 12.3. The van der Waals surface area contributed by atoms with E-state index in [4.69, 9.17) is 4.74 Å². The van der Waals surface area contributed by atoms with E-state index < -0.39 is 0 Å². The van der Waals surface area contributed by atoms with E-state index in [-0.39, 0.29) is 11.8 Å². The molecule has 5 heteroatoms. The van der Waals surface area contributed by atoms with Gasteiger partial charge in [-0.1, -0.05) is 12.1 Å². The third-order valence-electron chi connectivity index (χ3n) is 4.12. The second-order valence-corrected chi connectivity index (χ2v) is 5.80. The van der Waals surface area contributed by atoms with Crippen molar-refractivity contribution in [2.24, 2.45) is 0 Å². The smallest absolute Gasteiger partial charge is 0.246 e. The Morgan fingerprint density at radius 3 is 2.87 bits per heavy atom. The molecule has 0 unspecified atom stereocenters. The highest BCUT2D eigenvalue weighted by atomic mass is 16.5. The van der Waals surface area contributed by atoms with Gasteiger partial charge in [0.1, 0.15) is 5.75 Å². The van der Waals surface area contributed by atoms with Crippen molar-refractivity contribution in [3.63, 3.8) is 0 Å². The molecule has 1 aliphatic rings. The number of methoxy groups -OCH3 is 1. The Hall–Kier alpha value is -2.30. The first-order valence-corrected chi connectivity index (χ1v) is 7.87. The van der Waals surface area contributed by atoms with Crippen LogP contribution in [0.3, 0.4) is 0 Å². The molecule has 0 saturated carbocycles. The normalized spacial score (nSPS) is 15.0. The monoisotopic (exact) mass is 316 g/mol. The summed E-state index contributed by atoms with van der Waals surface area (Å²) in [5.74, 6) is 0.898. The summed E-state index contributed by atoms with van der Waals surface area (Å²) in [6.07, 6.45) is 3.18. The molecule has 1 fully saturated rings. The Morgan fingerprint density at radius 1 is 1.43 bits per heavy atom. The van der Waals surface area contributed by atoms with Gasteiger partial charge < -0.3 is 14.5 Å². The number of carbonyl (C=O) groups is 2. The minimum absolute atomic E-state index is 0.0584. The summed E-state index contributed by atoms with van der Waals surface area (Å²) in [6.45, 7) is 3.86. The SMILES string of the molecule is COc1cccc(C(C)=CC(=O)N(C)CCN2CCCC2=O)c1. The molecule has 1 aliphatic heterocycles. The van der Waals surface area contributed by atoms with Gasteiger partial charge in [-0.25, -0.2) is 0 Å². The topological polar surface area (TPSA) is 49.9 Å². The van der Waals surface area contributed by atoms with Crippen LogP contribution in [0.15, 0.2) is 30.3 Å². The molecule has 0 aromatic heterocycles. The molecule has 1 heterocycles. The predicted octanol–water partition coefficient (Wildman–Crippen LogP) is 2.18. The molecule has 124 valence electrons. The van der Waals surface area contributed by atoms with E-state index in [1.165, 1.54) is 0 Å². The average Bonchev–Trinajstić information content (AvgIpc) is 2.97. The number of benzene rings is 1. The lowest BCUT2D eigenvalue weighted by molar-refractivity contribution is -0.130. The molecule has 2 amide bonds. The van der Waals surface area contributed by atoms with Gasteiger partial charge in [0.05, 0.1) is 7.11 Å². The van der Waals surface area contributed by atoms with Crippen LogP contribution in [0.5, 0.6) is 5.75 Å². The van der Waals surface area contributed by atoms with Gasteiger partial charge in [-0.3, -0.25) is 9.59 Å². The second-order valence-electron chi connectivity index (χ2n) is 5.80. The van der Waals surface area contributed by atoms with Crippen molar-refractivity contribution in [2.45, 2.75) is 19.8 Å². The van der Waals surface area contributed by atoms with E-state index in [1.54, 1.807) is 25.1 Å². The number of hydrogen-bond acceptors (Lipinski definition) is 3. The van der Waals surface area contributed by atoms with Crippen LogP contribution in [0.2, 0.25) is 0 Å². The minimum Gasteiger partial charge on any atom is -0.497 e. The highest BCUT2D eigenvalue weighted by Gasteiger charge is 2.20. The molecule has 0 N–H and O–H groups in total. The lowest BCUT2D eigenvalue weighted by atomic mass is 10.1. The molecule has 0 bridgehead atoms. The summed E-state index contributed by atoms with van der Waals surface area (Å²) in [5.41, 5.74) is 1.85. The van der Waals surface area contributed by atoms with Crippen molar-refractivity contribution < 1.29 is 14.3 Å². The van der Waals surface area contributed by atoms with Crippen LogP contribution in [-0.4, -0.2) is 55.4 Å². The molecule has 1 aromatic rings. The van der Waals surface area contributed by atoms with E-state index in [9.17, 15) is 9.59 Å². The first kappa shape index (κ1) is 17.1. The molecule has 0 spiro atoms. The maximum Gasteiger partial charge on any atom is 0.246 e. The minimum atomic E-state index is -0.0584. The van der Waals surface area contributed by atoms with Gasteiger partial charge in [0.25, 0.3) is 0 Å². The quantitative estimate of drug-likeness (QED) is 0.756. The zero-order valence-corrected chi connectivity index (χ0v) is 14.0. The van der Waals surface area contributed by atoms with Crippen LogP contribution in [0.1, 0.15) is 25.3 Å². The average molecular weight is 316 g/mol. The van der Waals surface area contributed by atoms with Gasteiger partial charge >= 0.3 is 0 Å². The molecule has 0 atom stereocenters. The van der Waals surface area contributed by atoms with E-state index in [0.29, 0.717) is 19.5 Å². The van der Waals surface area contributed by atoms with Crippen molar-refractivity contribution in [1.29, 1.82) is 0 Å². The predicted molar refractivity (Wildman–Crippen MR) is 90.1 cm³/mol. The summed E-state index contributed by atoms with van der Waals surface area (Å²) >= 11 is 0. The Bertz CT molecular complexity index is 610. The zero-order chi connectivity index (χ0) is 16.8. The Balaban J connectivity index is 1.94. The van der Waals surface area contributed by atoms with Crippen molar-refractivity contribution in [1.82, 2.24) is 9.80 Å². The van der Waals surface area contributed by atoms with E-state index in [1.807, 2.05) is 36.1 Å². The summed E-state index contributed by atoms with van der Waals surface area (Å²) < 4.78 is 5.20. The van der Waals surface area contributed by atoms with Crippen molar-refractivity contribution >= 4 is 17.4 Å². The zero-order valence-electron chi connectivity index (χ0n) is 14.0. The molecule has 0 radical (unpaired) electrons. The number of rotatable bonds is 6. The summed E-state index contributed by atoms with van der Waals surface area (Å²) in [6, 6.07) is 7.63. The Morgan fingerprint density at radius 2 is 2.22 bits per heavy atom. The van der Waals surface area contributed by atoms with Crippen LogP contribution >= 0.6 is 0 Å². The van der Waals surface area contributed by atoms with Gasteiger partial charge in [0, 0.05) is 39.2 Å². The molecular formula is C18H24N2O3. The van der Waals surface area contributed by atoms with E-state index >= 15 is 0 Å². The van der Waals surface area contributed by atoms with Crippen LogP contribution in [0.4, 0.5) is 0 Å². The number of amides is 2. The van der Waals surface area contributed by atoms with E-state index in [0.717, 1.165) is 29.9 Å². The van der Waals surface area contributed by atoms with Gasteiger partial charge in [-0.05, 0) is 36.6 Å². The second kappa shape index (κ2) is 7.81. The van der Waals surface area contributed by atoms with Crippen molar-refractivity contribution in [3.05, 3.63) is 35.9 Å². The molecule has 1 saturated heterocycles. The molecule has 5 nitrogen and oxygen atoms in total. The number of carbonyl (C=O) groups excluding carboxylic acids is 2. The lowest BCUT2D eigenvalue weighted by Crippen LogP contribution is -2.36. The molecule has 1 aromatic carbocycles. The van der Waals surface area contributed by atoms with Gasteiger partial charge in [0.15, 0.2) is 0 Å². The fourth-order valence-electron chi connectivity index (χ4n) is 2.57. The summed E-state index contributed by atoms with van der Waals surface area (Å²) in [7, 11) is 3.38. The standard InChI is InChI=1S/C18H24N2O3/c1-14(15-6-4-7-16(13-15)23-3)12-18(22)19(2)10-11-20-9-5-8-17(20)21/h4,6-7,12-13H,5,8-11H2,1-3H3. The van der Waals surface area contributed by atoms with Crippen LogP contribution in [0, 0.1) is 0 Å². The molecule has 2 rings (SSSR count). The first-order valence-electron chi connectivity index (χ1n) is 7.87. The number of allylic oxidation sites excluding steroid dienone is 1. The fourth-order valence-corrected chi connectivity index (χ4v) is 2.57. The maximum absolute atomic E-state index is 12.3. The number of likely N-dealkylation sites (tertiary alicyclic amines) is 1. The van der Waals surface area contributed by atoms with Gasteiger partial charge in [0.2, 0.25) is 11.8 Å². The highest BCUT2D eigenvalue weighted by Crippen LogP contribution is 2.19. The highest BCUT2D eigenvalue weighted by molar-refractivity contribution is 5.94. The summed E-state index contributed by atoms with van der Waals surface area (Å²) in [5, 5.41) is 0. The fraction of sp³-hybridized carbons (Fsp3) is 0.444. The number of hydrogen-bond donors (Lipinski definition) is 0. The van der Waals surface area contributed by atoms with E-state index in [2.05, 4.69) is 0 Å². The molecule has 0 aliphatic carbocycles. The summed E-state index contributed by atoms with van der Waals surface area (Å²) in [4.78, 5) is 27.3. The third kappa shape index (κ3) is 4.58. The molecule has 23 heavy (non-hydrogen) atoms. The first-order chi connectivity index (χ1) is 11.0. The molecular weight excluding hydrogens is 292 g/mol. The van der Waals surface area contributed by atoms with Crippen molar-refractivity contribution in [2.75, 3.05) is 33.8 Å². The van der Waals surface area contributed by atoms with Crippen LogP contribution < -0.4 is 4.74 Å².